The number of hydrogen-bond acceptors (Lipinski definition) is 4. The molecule has 7 nitrogen and oxygen atoms in total. The van der Waals surface area contributed by atoms with Gasteiger partial charge in [0.1, 0.15) is 5.82 Å². The minimum absolute atomic E-state index is 0.354. The van der Waals surface area contributed by atoms with Gasteiger partial charge in [-0.3, -0.25) is 19.7 Å². The summed E-state index contributed by atoms with van der Waals surface area (Å²) in [6.45, 7) is 2.28. The van der Waals surface area contributed by atoms with E-state index in [4.69, 9.17) is 5.11 Å². The van der Waals surface area contributed by atoms with Crippen molar-refractivity contribution in [3.05, 3.63) is 39.4 Å². The minimum atomic E-state index is -1.48. The van der Waals surface area contributed by atoms with Crippen molar-refractivity contribution in [1.82, 2.24) is 5.32 Å². The van der Waals surface area contributed by atoms with E-state index in [0.717, 1.165) is 0 Å². The fraction of sp³-hybridized carbons (Fsp3) is 0.333. The number of nitrogens with one attached hydrogen (secondary N) is 1. The summed E-state index contributed by atoms with van der Waals surface area (Å²) in [5.74, 6) is -4.96. The van der Waals surface area contributed by atoms with E-state index in [-0.39, 0.29) is 6.54 Å². The van der Waals surface area contributed by atoms with Crippen molar-refractivity contribution in [3.8, 4) is 0 Å². The molecule has 1 aromatic rings. The first kappa shape index (κ1) is 16.5. The SMILES string of the molecule is CC(C)(CNC(=O)c1cc(F)cc([N+](=O)[O-])c1F)C(=O)O. The van der Waals surface area contributed by atoms with Gasteiger partial charge in [-0.25, -0.2) is 4.39 Å². The monoisotopic (exact) mass is 302 g/mol. The maximum atomic E-state index is 13.7. The molecule has 0 saturated carbocycles. The van der Waals surface area contributed by atoms with Gasteiger partial charge in [-0.05, 0) is 19.9 Å². The van der Waals surface area contributed by atoms with E-state index in [1.807, 2.05) is 0 Å². The molecular formula is C12H12F2N2O5. The number of aliphatic carboxylic acids is 1. The Morgan fingerprint density at radius 1 is 1.38 bits per heavy atom. The van der Waals surface area contributed by atoms with Gasteiger partial charge in [-0.2, -0.15) is 4.39 Å². The second-order valence-electron chi connectivity index (χ2n) is 4.92. The van der Waals surface area contributed by atoms with Crippen LogP contribution in [0.25, 0.3) is 0 Å². The molecule has 0 fully saturated rings. The van der Waals surface area contributed by atoms with E-state index >= 15 is 0 Å². The molecule has 2 N–H and O–H groups in total. The topological polar surface area (TPSA) is 110 Å². The second-order valence-corrected chi connectivity index (χ2v) is 4.92. The third kappa shape index (κ3) is 3.71. The summed E-state index contributed by atoms with van der Waals surface area (Å²) >= 11 is 0. The molecule has 1 rings (SSSR count). The van der Waals surface area contributed by atoms with Crippen molar-refractivity contribution in [1.29, 1.82) is 0 Å². The Hall–Kier alpha value is -2.58. The van der Waals surface area contributed by atoms with Gasteiger partial charge in [-0.1, -0.05) is 0 Å². The quantitative estimate of drug-likeness (QED) is 0.635. The van der Waals surface area contributed by atoms with Gasteiger partial charge >= 0.3 is 11.7 Å². The maximum absolute atomic E-state index is 13.7. The predicted octanol–water partition coefficient (Wildman–Crippen LogP) is 1.71. The molecule has 0 unspecified atom stereocenters. The third-order valence-electron chi connectivity index (χ3n) is 2.73. The summed E-state index contributed by atoms with van der Waals surface area (Å²) in [5, 5.41) is 21.5. The van der Waals surface area contributed by atoms with Crippen LogP contribution in [0.1, 0.15) is 24.2 Å². The molecule has 0 saturated heterocycles. The van der Waals surface area contributed by atoms with Crippen molar-refractivity contribution < 1.29 is 28.4 Å². The molecule has 0 heterocycles. The molecule has 0 aliphatic heterocycles. The molecule has 0 spiro atoms. The summed E-state index contributed by atoms with van der Waals surface area (Å²) in [7, 11) is 0. The Morgan fingerprint density at radius 2 is 1.95 bits per heavy atom. The zero-order valence-electron chi connectivity index (χ0n) is 11.1. The number of halogens is 2. The van der Waals surface area contributed by atoms with Gasteiger partial charge < -0.3 is 10.4 Å². The van der Waals surface area contributed by atoms with Crippen molar-refractivity contribution in [2.24, 2.45) is 5.41 Å². The first-order chi connectivity index (χ1) is 9.56. The molecule has 1 amide bonds. The molecule has 0 radical (unpaired) electrons. The number of amides is 1. The van der Waals surface area contributed by atoms with Crippen molar-refractivity contribution in [3.63, 3.8) is 0 Å². The Labute approximate surface area is 117 Å². The summed E-state index contributed by atoms with van der Waals surface area (Å²) in [6, 6.07) is 0.860. The van der Waals surface area contributed by atoms with E-state index in [1.54, 1.807) is 0 Å². The highest BCUT2D eigenvalue weighted by Crippen LogP contribution is 2.22. The molecule has 114 valence electrons. The number of carboxylic acid groups (broad SMARTS) is 1. The van der Waals surface area contributed by atoms with Gasteiger partial charge in [0.15, 0.2) is 0 Å². The van der Waals surface area contributed by atoms with E-state index in [2.05, 4.69) is 5.32 Å². The van der Waals surface area contributed by atoms with Crippen LogP contribution < -0.4 is 5.32 Å². The molecule has 21 heavy (non-hydrogen) atoms. The van der Waals surface area contributed by atoms with Crippen molar-refractivity contribution in [2.75, 3.05) is 6.54 Å². The lowest BCUT2D eigenvalue weighted by molar-refractivity contribution is -0.387. The van der Waals surface area contributed by atoms with Gasteiger partial charge in [0.05, 0.1) is 22.0 Å². The molecule has 1 aromatic carbocycles. The van der Waals surface area contributed by atoms with Crippen LogP contribution in [0.5, 0.6) is 0 Å². The lowest BCUT2D eigenvalue weighted by Gasteiger charge is -2.19. The maximum Gasteiger partial charge on any atom is 0.310 e. The molecular weight excluding hydrogens is 290 g/mol. The van der Waals surface area contributed by atoms with Crippen LogP contribution in [0.4, 0.5) is 14.5 Å². The first-order valence-electron chi connectivity index (χ1n) is 5.71. The zero-order valence-corrected chi connectivity index (χ0v) is 11.1. The largest absolute Gasteiger partial charge is 0.481 e. The number of carbonyl (C=O) groups is 2. The van der Waals surface area contributed by atoms with Gasteiger partial charge in [0.25, 0.3) is 5.91 Å². The van der Waals surface area contributed by atoms with E-state index in [1.165, 1.54) is 13.8 Å². The lowest BCUT2D eigenvalue weighted by Crippen LogP contribution is -2.39. The summed E-state index contributed by atoms with van der Waals surface area (Å²) in [6.07, 6.45) is 0. The molecule has 0 aliphatic rings. The van der Waals surface area contributed by atoms with Crippen LogP contribution in [0.15, 0.2) is 12.1 Å². The lowest BCUT2D eigenvalue weighted by atomic mass is 9.94. The second kappa shape index (κ2) is 5.81. The number of rotatable bonds is 5. The number of carbonyl (C=O) groups excluding carboxylic acids is 1. The summed E-state index contributed by atoms with van der Waals surface area (Å²) in [5.41, 5.74) is -3.36. The van der Waals surface area contributed by atoms with Crippen molar-refractivity contribution in [2.45, 2.75) is 13.8 Å². The minimum Gasteiger partial charge on any atom is -0.481 e. The standard InChI is InChI=1S/C12H12F2N2O5/c1-12(2,11(18)19)5-15-10(17)7-3-6(13)4-8(9(7)14)16(20)21/h3-4H,5H2,1-2H3,(H,15,17)(H,18,19). The number of carboxylic acids is 1. The highest BCUT2D eigenvalue weighted by atomic mass is 19.1. The first-order valence-corrected chi connectivity index (χ1v) is 5.71. The highest BCUT2D eigenvalue weighted by Gasteiger charge is 2.29. The predicted molar refractivity (Wildman–Crippen MR) is 66.8 cm³/mol. The number of nitrogens with zero attached hydrogens (tertiary/aromatic N) is 1. The fourth-order valence-electron chi connectivity index (χ4n) is 1.35. The highest BCUT2D eigenvalue weighted by molar-refractivity contribution is 5.95. The number of benzene rings is 1. The van der Waals surface area contributed by atoms with E-state index in [9.17, 15) is 28.5 Å². The van der Waals surface area contributed by atoms with E-state index in [0.29, 0.717) is 12.1 Å². The Kier molecular flexibility index (Phi) is 4.56. The average Bonchev–Trinajstić information content (AvgIpc) is 2.37. The molecule has 0 atom stereocenters. The van der Waals surface area contributed by atoms with Crippen LogP contribution in [0.2, 0.25) is 0 Å². The molecule has 0 bridgehead atoms. The van der Waals surface area contributed by atoms with Crippen molar-refractivity contribution >= 4 is 17.6 Å². The Balaban J connectivity index is 3.04. The number of nitro groups is 1. The summed E-state index contributed by atoms with van der Waals surface area (Å²) < 4.78 is 26.9. The van der Waals surface area contributed by atoms with Gasteiger partial charge in [0, 0.05) is 6.54 Å². The van der Waals surface area contributed by atoms with Crippen LogP contribution in [-0.2, 0) is 4.79 Å². The number of nitro benzene ring substituents is 1. The van der Waals surface area contributed by atoms with Gasteiger partial charge in [-0.15, -0.1) is 0 Å². The molecule has 0 aromatic heterocycles. The fourth-order valence-corrected chi connectivity index (χ4v) is 1.35. The molecule has 0 aliphatic carbocycles. The van der Waals surface area contributed by atoms with Crippen LogP contribution in [0.3, 0.4) is 0 Å². The summed E-state index contributed by atoms with van der Waals surface area (Å²) in [4.78, 5) is 32.0. The van der Waals surface area contributed by atoms with Crippen LogP contribution >= 0.6 is 0 Å². The van der Waals surface area contributed by atoms with Crippen LogP contribution in [-0.4, -0.2) is 28.5 Å². The number of hydrogen-bond donors (Lipinski definition) is 2. The third-order valence-corrected chi connectivity index (χ3v) is 2.73. The Morgan fingerprint density at radius 3 is 2.43 bits per heavy atom. The van der Waals surface area contributed by atoms with Crippen LogP contribution in [0, 0.1) is 27.2 Å². The smallest absolute Gasteiger partial charge is 0.310 e. The normalized spacial score (nSPS) is 11.0. The Bertz CT molecular complexity index is 616. The zero-order chi connectivity index (χ0) is 16.4. The van der Waals surface area contributed by atoms with E-state index < -0.39 is 45.1 Å². The average molecular weight is 302 g/mol. The molecule has 9 heteroatoms. The van der Waals surface area contributed by atoms with Gasteiger partial charge in [0.2, 0.25) is 5.82 Å².